The van der Waals surface area contributed by atoms with Crippen molar-refractivity contribution in [1.82, 2.24) is 19.6 Å². The van der Waals surface area contributed by atoms with E-state index in [1.807, 2.05) is 18.2 Å². The van der Waals surface area contributed by atoms with Crippen molar-refractivity contribution in [1.29, 1.82) is 0 Å². The lowest BCUT2D eigenvalue weighted by atomic mass is 10.1. The molecule has 36 heavy (non-hydrogen) atoms. The van der Waals surface area contributed by atoms with Gasteiger partial charge in [-0.25, -0.2) is 18.3 Å². The number of rotatable bonds is 8. The number of ether oxygens (including phenoxy) is 1. The second kappa shape index (κ2) is 12.2. The van der Waals surface area contributed by atoms with Crippen molar-refractivity contribution in [2.45, 2.75) is 13.0 Å². The lowest BCUT2D eigenvalue weighted by molar-refractivity contribution is 0.130. The first-order chi connectivity index (χ1) is 17.4. The Morgan fingerprint density at radius 2 is 1.81 bits per heavy atom. The first-order valence-corrected chi connectivity index (χ1v) is 12.2. The SMILES string of the molecule is CN1CCN(CCCOC(=O)Nc2cccc(Cn3nc(-c4cc(F)cc(F)c4)ccc3=S)c2)CC1. The van der Waals surface area contributed by atoms with Crippen LogP contribution in [0.15, 0.2) is 54.6 Å². The molecular weight excluding hydrogens is 484 g/mol. The van der Waals surface area contributed by atoms with Gasteiger partial charge in [0.05, 0.1) is 18.8 Å². The van der Waals surface area contributed by atoms with Gasteiger partial charge in [-0.2, -0.15) is 5.10 Å². The molecule has 1 aliphatic rings. The summed E-state index contributed by atoms with van der Waals surface area (Å²) in [5.41, 5.74) is 2.15. The fourth-order valence-corrected chi connectivity index (χ4v) is 4.19. The summed E-state index contributed by atoms with van der Waals surface area (Å²) in [6.07, 6.45) is 0.280. The topological polar surface area (TPSA) is 62.6 Å². The molecule has 1 fully saturated rings. The molecule has 0 aliphatic carbocycles. The molecule has 10 heteroatoms. The van der Waals surface area contributed by atoms with Crippen molar-refractivity contribution in [3.63, 3.8) is 0 Å². The fraction of sp³-hybridized carbons (Fsp3) is 0.346. The zero-order chi connectivity index (χ0) is 25.5. The van der Waals surface area contributed by atoms with Crippen LogP contribution in [0.3, 0.4) is 0 Å². The van der Waals surface area contributed by atoms with Crippen molar-refractivity contribution in [2.24, 2.45) is 0 Å². The van der Waals surface area contributed by atoms with Gasteiger partial charge in [0.15, 0.2) is 0 Å². The Morgan fingerprint density at radius 1 is 1.06 bits per heavy atom. The third-order valence-corrected chi connectivity index (χ3v) is 6.33. The average molecular weight is 514 g/mol. The van der Waals surface area contributed by atoms with E-state index in [0.717, 1.165) is 50.8 Å². The van der Waals surface area contributed by atoms with Crippen LogP contribution in [0.5, 0.6) is 0 Å². The molecule has 0 unspecified atom stereocenters. The van der Waals surface area contributed by atoms with Gasteiger partial charge >= 0.3 is 6.09 Å². The largest absolute Gasteiger partial charge is 0.449 e. The molecule has 0 spiro atoms. The van der Waals surface area contributed by atoms with E-state index in [1.165, 1.54) is 12.1 Å². The highest BCUT2D eigenvalue weighted by Crippen LogP contribution is 2.20. The van der Waals surface area contributed by atoms with E-state index >= 15 is 0 Å². The van der Waals surface area contributed by atoms with Crippen molar-refractivity contribution in [3.8, 4) is 11.3 Å². The predicted octanol–water partition coefficient (Wildman–Crippen LogP) is 4.79. The number of hydrogen-bond acceptors (Lipinski definition) is 6. The Balaban J connectivity index is 1.32. The highest BCUT2D eigenvalue weighted by molar-refractivity contribution is 7.71. The molecule has 2 aromatic carbocycles. The fourth-order valence-electron chi connectivity index (χ4n) is 4.02. The molecule has 1 N–H and O–H groups in total. The summed E-state index contributed by atoms with van der Waals surface area (Å²) < 4.78 is 34.7. The zero-order valence-electron chi connectivity index (χ0n) is 20.1. The van der Waals surface area contributed by atoms with Gasteiger partial charge in [0, 0.05) is 50.0 Å². The minimum absolute atomic E-state index is 0.320. The first-order valence-electron chi connectivity index (χ1n) is 11.8. The minimum atomic E-state index is -0.675. The van der Waals surface area contributed by atoms with Crippen LogP contribution in [-0.2, 0) is 11.3 Å². The molecular formula is C26H29F2N5O2S. The number of likely N-dealkylation sites (N-methyl/N-ethyl adjacent to an activating group) is 1. The number of aromatic nitrogens is 2. The Morgan fingerprint density at radius 3 is 2.56 bits per heavy atom. The second-order valence-electron chi connectivity index (χ2n) is 8.83. The highest BCUT2D eigenvalue weighted by Gasteiger charge is 2.13. The number of hydrogen-bond donors (Lipinski definition) is 1. The van der Waals surface area contributed by atoms with Gasteiger partial charge in [-0.3, -0.25) is 5.32 Å². The van der Waals surface area contributed by atoms with E-state index in [2.05, 4.69) is 27.3 Å². The number of nitrogens with one attached hydrogen (secondary N) is 1. The van der Waals surface area contributed by atoms with Crippen LogP contribution in [0, 0.1) is 16.3 Å². The summed E-state index contributed by atoms with van der Waals surface area (Å²) in [7, 11) is 2.12. The number of carbonyl (C=O) groups excluding carboxylic acids is 1. The number of amides is 1. The smallest absolute Gasteiger partial charge is 0.411 e. The normalized spacial score (nSPS) is 14.5. The van der Waals surface area contributed by atoms with Crippen LogP contribution in [0.1, 0.15) is 12.0 Å². The molecule has 1 aromatic heterocycles. The van der Waals surface area contributed by atoms with Gasteiger partial charge in [0.25, 0.3) is 0 Å². The monoisotopic (exact) mass is 513 g/mol. The second-order valence-corrected chi connectivity index (χ2v) is 9.25. The number of benzene rings is 2. The molecule has 2 heterocycles. The Hall–Kier alpha value is -3.21. The van der Waals surface area contributed by atoms with Crippen molar-refractivity contribution >= 4 is 24.0 Å². The molecule has 0 saturated carbocycles. The Bertz CT molecular complexity index is 1240. The third-order valence-electron chi connectivity index (χ3n) is 5.98. The molecule has 4 rings (SSSR count). The van der Waals surface area contributed by atoms with Gasteiger partial charge in [0.2, 0.25) is 0 Å². The van der Waals surface area contributed by atoms with Gasteiger partial charge < -0.3 is 14.5 Å². The number of piperazine rings is 1. The Labute approximate surface area is 214 Å². The molecule has 1 aliphatic heterocycles. The average Bonchev–Trinajstić information content (AvgIpc) is 2.84. The van der Waals surface area contributed by atoms with Gasteiger partial charge in [0.1, 0.15) is 16.3 Å². The Kier molecular flexibility index (Phi) is 8.74. The summed E-state index contributed by atoms with van der Waals surface area (Å²) >= 11 is 5.38. The molecule has 3 aromatic rings. The van der Waals surface area contributed by atoms with Crippen molar-refractivity contribution in [2.75, 3.05) is 51.7 Å². The maximum atomic E-state index is 13.6. The number of halogens is 2. The molecule has 1 saturated heterocycles. The van der Waals surface area contributed by atoms with Crippen LogP contribution in [0.25, 0.3) is 11.3 Å². The first kappa shape index (κ1) is 25.9. The van der Waals surface area contributed by atoms with E-state index in [4.69, 9.17) is 17.0 Å². The van der Waals surface area contributed by atoms with Crippen molar-refractivity contribution < 1.29 is 18.3 Å². The highest BCUT2D eigenvalue weighted by atomic mass is 32.1. The van der Waals surface area contributed by atoms with Crippen LogP contribution in [0.4, 0.5) is 19.3 Å². The lowest BCUT2D eigenvalue weighted by Crippen LogP contribution is -2.44. The maximum Gasteiger partial charge on any atom is 0.411 e. The van der Waals surface area contributed by atoms with Gasteiger partial charge in [-0.1, -0.05) is 24.4 Å². The standard InChI is InChI=1S/C26H29F2N5O2S/c1-31-9-11-32(12-10-31)8-3-13-35-26(34)29-23-5-2-4-19(14-23)18-33-25(36)7-6-24(30-33)20-15-21(27)17-22(28)16-20/h2,4-7,14-17H,3,8-13,18H2,1H3,(H,29,34). The van der Waals surface area contributed by atoms with E-state index in [-0.39, 0.29) is 0 Å². The van der Waals surface area contributed by atoms with E-state index in [1.54, 1.807) is 22.9 Å². The van der Waals surface area contributed by atoms with Crippen LogP contribution >= 0.6 is 12.2 Å². The van der Waals surface area contributed by atoms with Crippen LogP contribution < -0.4 is 5.32 Å². The van der Waals surface area contributed by atoms with Crippen molar-refractivity contribution in [3.05, 3.63) is 76.4 Å². The number of carbonyl (C=O) groups is 1. The maximum absolute atomic E-state index is 13.6. The summed E-state index contributed by atoms with van der Waals surface area (Å²) in [6.45, 7) is 5.78. The van der Waals surface area contributed by atoms with Crippen LogP contribution in [0.2, 0.25) is 0 Å². The zero-order valence-corrected chi connectivity index (χ0v) is 20.9. The van der Waals surface area contributed by atoms with Gasteiger partial charge in [-0.05, 0) is 55.4 Å². The molecule has 0 radical (unpaired) electrons. The van der Waals surface area contributed by atoms with Crippen LogP contribution in [-0.4, -0.2) is 72.1 Å². The summed E-state index contributed by atoms with van der Waals surface area (Å²) in [4.78, 5) is 16.9. The quantitative estimate of drug-likeness (QED) is 0.345. The minimum Gasteiger partial charge on any atom is -0.449 e. The molecule has 190 valence electrons. The molecule has 7 nitrogen and oxygen atoms in total. The third kappa shape index (κ3) is 7.39. The predicted molar refractivity (Wildman–Crippen MR) is 137 cm³/mol. The summed E-state index contributed by atoms with van der Waals surface area (Å²) in [6, 6.07) is 13.8. The molecule has 0 bridgehead atoms. The van der Waals surface area contributed by atoms with E-state index < -0.39 is 17.7 Å². The molecule has 0 atom stereocenters. The number of nitrogens with zero attached hydrogens (tertiary/aromatic N) is 4. The summed E-state index contributed by atoms with van der Waals surface area (Å²) in [5, 5.41) is 7.22. The number of anilines is 1. The van der Waals surface area contributed by atoms with Gasteiger partial charge in [-0.15, -0.1) is 0 Å². The van der Waals surface area contributed by atoms with E-state index in [9.17, 15) is 13.6 Å². The lowest BCUT2D eigenvalue weighted by Gasteiger charge is -2.32. The molecule has 1 amide bonds. The summed E-state index contributed by atoms with van der Waals surface area (Å²) in [5.74, 6) is -1.35. The van der Waals surface area contributed by atoms with E-state index in [0.29, 0.717) is 34.7 Å².